The first-order valence-corrected chi connectivity index (χ1v) is 10.7. The number of amides is 1. The molecule has 0 aromatic heterocycles. The van der Waals surface area contributed by atoms with E-state index >= 15 is 0 Å². The lowest BCUT2D eigenvalue weighted by molar-refractivity contribution is 0.0597. The molecule has 1 amide bonds. The molecule has 4 heteroatoms. The summed E-state index contributed by atoms with van der Waals surface area (Å²) in [6.45, 7) is 3.23. The average molecular weight is 482 g/mol. The number of hydrogen-bond acceptors (Lipinski definition) is 2. The van der Waals surface area contributed by atoms with Crippen molar-refractivity contribution in [1.82, 2.24) is 9.80 Å². The molecule has 0 atom stereocenters. The van der Waals surface area contributed by atoms with E-state index in [-0.39, 0.29) is 11.9 Å². The molecule has 0 radical (unpaired) electrons. The smallest absolute Gasteiger partial charge is 0.253 e. The number of piperazine rings is 1. The van der Waals surface area contributed by atoms with Crippen molar-refractivity contribution in [3.8, 4) is 0 Å². The number of nitrogens with zero attached hydrogens (tertiary/aromatic N) is 2. The molecule has 3 aromatic rings. The number of hydrogen-bond donors (Lipinski definition) is 0. The van der Waals surface area contributed by atoms with Gasteiger partial charge in [-0.2, -0.15) is 0 Å². The fourth-order valence-corrected chi connectivity index (χ4v) is 4.20. The second-order valence-corrected chi connectivity index (χ2v) is 8.30. The van der Waals surface area contributed by atoms with Crippen molar-refractivity contribution in [2.24, 2.45) is 0 Å². The highest BCUT2D eigenvalue weighted by Gasteiger charge is 2.28. The minimum absolute atomic E-state index is 0.132. The van der Waals surface area contributed by atoms with E-state index in [4.69, 9.17) is 0 Å². The standard InChI is InChI=1S/C24H23IN2O/c25-22-13-11-21(12-14-22)24(28)27-17-15-26(16-18-27)23(19-7-3-1-4-8-19)20-9-5-2-6-10-20/h1-14,23H,15-18H2. The predicted molar refractivity (Wildman–Crippen MR) is 121 cm³/mol. The molecule has 1 fully saturated rings. The zero-order valence-electron chi connectivity index (χ0n) is 15.7. The molecule has 3 nitrogen and oxygen atoms in total. The van der Waals surface area contributed by atoms with Crippen LogP contribution in [0.2, 0.25) is 0 Å². The number of rotatable bonds is 4. The first-order valence-electron chi connectivity index (χ1n) is 9.61. The minimum Gasteiger partial charge on any atom is -0.336 e. The van der Waals surface area contributed by atoms with Gasteiger partial charge in [-0.1, -0.05) is 60.7 Å². The van der Waals surface area contributed by atoms with Gasteiger partial charge in [0.05, 0.1) is 6.04 Å². The second-order valence-electron chi connectivity index (χ2n) is 7.06. The predicted octanol–water partition coefficient (Wildman–Crippen LogP) is 4.84. The van der Waals surface area contributed by atoms with Gasteiger partial charge in [0.25, 0.3) is 5.91 Å². The van der Waals surface area contributed by atoms with Gasteiger partial charge in [0.1, 0.15) is 0 Å². The lowest BCUT2D eigenvalue weighted by Crippen LogP contribution is -2.49. The van der Waals surface area contributed by atoms with Crippen molar-refractivity contribution in [2.45, 2.75) is 6.04 Å². The van der Waals surface area contributed by atoms with Crippen LogP contribution in [0.5, 0.6) is 0 Å². The average Bonchev–Trinajstić information content (AvgIpc) is 2.76. The maximum Gasteiger partial charge on any atom is 0.253 e. The van der Waals surface area contributed by atoms with Crippen LogP contribution in [0.1, 0.15) is 27.5 Å². The van der Waals surface area contributed by atoms with E-state index in [1.165, 1.54) is 11.1 Å². The van der Waals surface area contributed by atoms with Crippen molar-refractivity contribution < 1.29 is 4.79 Å². The molecular formula is C24H23IN2O. The van der Waals surface area contributed by atoms with Gasteiger partial charge in [0, 0.05) is 35.3 Å². The Labute approximate surface area is 180 Å². The zero-order chi connectivity index (χ0) is 19.3. The Kier molecular flexibility index (Phi) is 6.07. The van der Waals surface area contributed by atoms with Gasteiger partial charge in [-0.15, -0.1) is 0 Å². The van der Waals surface area contributed by atoms with Crippen LogP contribution in [0, 0.1) is 3.57 Å². The monoisotopic (exact) mass is 482 g/mol. The van der Waals surface area contributed by atoms with Crippen molar-refractivity contribution in [3.05, 3.63) is 105 Å². The Balaban J connectivity index is 1.50. The van der Waals surface area contributed by atoms with E-state index in [1.54, 1.807) is 0 Å². The number of carbonyl (C=O) groups excluding carboxylic acids is 1. The molecule has 142 valence electrons. The summed E-state index contributed by atoms with van der Waals surface area (Å²) >= 11 is 2.26. The van der Waals surface area contributed by atoms with Crippen molar-refractivity contribution >= 4 is 28.5 Å². The van der Waals surface area contributed by atoms with E-state index in [0.717, 1.165) is 35.3 Å². The maximum absolute atomic E-state index is 12.8. The Morgan fingerprint density at radius 1 is 0.714 bits per heavy atom. The van der Waals surface area contributed by atoms with Gasteiger partial charge >= 0.3 is 0 Å². The molecule has 0 bridgehead atoms. The molecule has 0 aliphatic carbocycles. The van der Waals surface area contributed by atoms with Gasteiger partial charge in [-0.3, -0.25) is 9.69 Å². The summed E-state index contributed by atoms with van der Waals surface area (Å²) in [6.07, 6.45) is 0. The molecule has 0 saturated carbocycles. The molecule has 1 aliphatic heterocycles. The zero-order valence-corrected chi connectivity index (χ0v) is 17.8. The SMILES string of the molecule is O=C(c1ccc(I)cc1)N1CCN(C(c2ccccc2)c2ccccc2)CC1. The fourth-order valence-electron chi connectivity index (χ4n) is 3.84. The van der Waals surface area contributed by atoms with Crippen LogP contribution in [-0.2, 0) is 0 Å². The summed E-state index contributed by atoms with van der Waals surface area (Å²) < 4.78 is 1.15. The van der Waals surface area contributed by atoms with Crippen molar-refractivity contribution in [1.29, 1.82) is 0 Å². The highest BCUT2D eigenvalue weighted by molar-refractivity contribution is 14.1. The van der Waals surface area contributed by atoms with Gasteiger partial charge in [-0.05, 0) is 58.0 Å². The van der Waals surface area contributed by atoms with Crippen molar-refractivity contribution in [2.75, 3.05) is 26.2 Å². The molecule has 1 aliphatic rings. The normalized spacial score (nSPS) is 15.0. The molecular weight excluding hydrogens is 459 g/mol. The summed E-state index contributed by atoms with van der Waals surface area (Å²) in [6, 6.07) is 29.3. The summed E-state index contributed by atoms with van der Waals surface area (Å²) in [4.78, 5) is 17.3. The third-order valence-electron chi connectivity index (χ3n) is 5.29. The van der Waals surface area contributed by atoms with Crippen LogP contribution in [0.3, 0.4) is 0 Å². The molecule has 1 heterocycles. The Morgan fingerprint density at radius 3 is 1.71 bits per heavy atom. The van der Waals surface area contributed by atoms with E-state index < -0.39 is 0 Å². The highest BCUT2D eigenvalue weighted by atomic mass is 127. The van der Waals surface area contributed by atoms with Crippen LogP contribution in [0.15, 0.2) is 84.9 Å². The minimum atomic E-state index is 0.132. The Hall–Kier alpha value is -2.18. The van der Waals surface area contributed by atoms with Crippen LogP contribution < -0.4 is 0 Å². The van der Waals surface area contributed by atoms with Gasteiger partial charge in [-0.25, -0.2) is 0 Å². The van der Waals surface area contributed by atoms with Gasteiger partial charge < -0.3 is 4.90 Å². The highest BCUT2D eigenvalue weighted by Crippen LogP contribution is 2.29. The van der Waals surface area contributed by atoms with Crippen LogP contribution >= 0.6 is 22.6 Å². The molecule has 4 rings (SSSR count). The number of carbonyl (C=O) groups is 1. The van der Waals surface area contributed by atoms with Crippen LogP contribution in [0.4, 0.5) is 0 Å². The largest absolute Gasteiger partial charge is 0.336 e. The van der Waals surface area contributed by atoms with Gasteiger partial charge in [0.2, 0.25) is 0 Å². The van der Waals surface area contributed by atoms with E-state index in [1.807, 2.05) is 29.2 Å². The summed E-state index contributed by atoms with van der Waals surface area (Å²) in [5, 5.41) is 0. The molecule has 0 spiro atoms. The summed E-state index contributed by atoms with van der Waals surface area (Å²) in [7, 11) is 0. The van der Waals surface area contributed by atoms with E-state index in [9.17, 15) is 4.79 Å². The summed E-state index contributed by atoms with van der Waals surface area (Å²) in [5.41, 5.74) is 3.37. The first-order chi connectivity index (χ1) is 13.7. The topological polar surface area (TPSA) is 23.6 Å². The molecule has 0 N–H and O–H groups in total. The Morgan fingerprint density at radius 2 is 1.21 bits per heavy atom. The van der Waals surface area contributed by atoms with Gasteiger partial charge in [0.15, 0.2) is 0 Å². The van der Waals surface area contributed by atoms with E-state index in [2.05, 4.69) is 88.2 Å². The Bertz CT molecular complexity index is 865. The van der Waals surface area contributed by atoms with Crippen LogP contribution in [-0.4, -0.2) is 41.9 Å². The quantitative estimate of drug-likeness (QED) is 0.497. The molecule has 3 aromatic carbocycles. The van der Waals surface area contributed by atoms with Crippen LogP contribution in [0.25, 0.3) is 0 Å². The van der Waals surface area contributed by atoms with E-state index in [0.29, 0.717) is 0 Å². The maximum atomic E-state index is 12.8. The second kappa shape index (κ2) is 8.88. The summed E-state index contributed by atoms with van der Waals surface area (Å²) in [5.74, 6) is 0.132. The third-order valence-corrected chi connectivity index (χ3v) is 6.01. The number of benzene rings is 3. The molecule has 1 saturated heterocycles. The molecule has 0 unspecified atom stereocenters. The number of halogens is 1. The lowest BCUT2D eigenvalue weighted by atomic mass is 9.96. The molecule has 28 heavy (non-hydrogen) atoms. The van der Waals surface area contributed by atoms with Crippen molar-refractivity contribution in [3.63, 3.8) is 0 Å². The lowest BCUT2D eigenvalue weighted by Gasteiger charge is -2.39. The third kappa shape index (κ3) is 4.28. The first kappa shape index (κ1) is 19.2. The fraction of sp³-hybridized carbons (Fsp3) is 0.208.